The Kier molecular flexibility index (Phi) is 14.5. The Morgan fingerprint density at radius 2 is 0.927 bits per heavy atom. The van der Waals surface area contributed by atoms with E-state index >= 15 is 0 Å². The van der Waals surface area contributed by atoms with E-state index in [2.05, 4.69) is 79.7 Å². The molecule has 6 aromatic rings. The predicted octanol–water partition coefficient (Wildman–Crippen LogP) is 0.350. The minimum Gasteiger partial charge on any atom is -0.414 e. The van der Waals surface area contributed by atoms with Crippen molar-refractivity contribution in [2.45, 2.75) is 132 Å². The number of guanidine groups is 2. The molecule has 0 spiro atoms. The Labute approximate surface area is 464 Å². The zero-order chi connectivity index (χ0) is 59.5. The van der Waals surface area contributed by atoms with E-state index in [-0.39, 0.29) is 46.8 Å². The minimum atomic E-state index is -2.08. The maximum atomic E-state index is 13.9. The highest BCUT2D eigenvalue weighted by atomic mass is 28.4. The summed E-state index contributed by atoms with van der Waals surface area (Å²) in [5.74, 6) is 1.44. The van der Waals surface area contributed by atoms with Crippen molar-refractivity contribution in [3.05, 3.63) is 86.1 Å². The highest BCUT2D eigenvalue weighted by molar-refractivity contribution is 6.74. The van der Waals surface area contributed by atoms with Gasteiger partial charge in [0.05, 0.1) is 36.0 Å². The van der Waals surface area contributed by atoms with Gasteiger partial charge in [0.25, 0.3) is 22.8 Å². The molecule has 0 bridgehead atoms. The van der Waals surface area contributed by atoms with Crippen molar-refractivity contribution in [1.82, 2.24) is 28.7 Å². The maximum Gasteiger partial charge on any atom is 0.290 e. The first-order valence-corrected chi connectivity index (χ1v) is 28.7. The van der Waals surface area contributed by atoms with Gasteiger partial charge in [-0.3, -0.25) is 19.7 Å². The largest absolute Gasteiger partial charge is 0.414 e. The number of amidine groups is 1. The summed E-state index contributed by atoms with van der Waals surface area (Å²) in [5, 5.41) is 93.7. The molecule has 0 aromatic carbocycles. The van der Waals surface area contributed by atoms with Crippen molar-refractivity contribution < 1.29 is 63.9 Å². The van der Waals surface area contributed by atoms with Gasteiger partial charge in [0.2, 0.25) is 11.9 Å². The lowest BCUT2D eigenvalue weighted by atomic mass is 9.96. The normalized spacial score (nSPS) is 29.9. The van der Waals surface area contributed by atoms with E-state index < -0.39 is 116 Å². The van der Waals surface area contributed by atoms with Gasteiger partial charge >= 0.3 is 0 Å². The van der Waals surface area contributed by atoms with Crippen LogP contribution >= 0.6 is 0 Å². The smallest absolute Gasteiger partial charge is 0.290 e. The summed E-state index contributed by atoms with van der Waals surface area (Å²) in [4.78, 5) is 59.4. The lowest BCUT2D eigenvalue weighted by Gasteiger charge is -2.37. The Balaban J connectivity index is 0.000000139. The first-order valence-electron chi connectivity index (χ1n) is 25.8. The van der Waals surface area contributed by atoms with Crippen LogP contribution in [0.2, 0.25) is 18.1 Å². The lowest BCUT2D eigenvalue weighted by Crippen LogP contribution is -2.47. The van der Waals surface area contributed by atoms with Gasteiger partial charge in [0.15, 0.2) is 32.8 Å². The summed E-state index contributed by atoms with van der Waals surface area (Å²) < 4.78 is 42.0. The molecule has 438 valence electrons. The molecule has 29 nitrogen and oxygen atoms in total. The second kappa shape index (κ2) is 20.6. The summed E-state index contributed by atoms with van der Waals surface area (Å²) in [5.41, 5.74) is 5.24. The molecule has 0 aliphatic carbocycles. The van der Waals surface area contributed by atoms with E-state index in [1.165, 1.54) is 60.4 Å². The van der Waals surface area contributed by atoms with Crippen molar-refractivity contribution in [3.63, 3.8) is 0 Å². The van der Waals surface area contributed by atoms with Crippen LogP contribution in [0.4, 0.5) is 39.3 Å². The number of nitrogens with one attached hydrogen (secondary N) is 3. The molecule has 3 saturated heterocycles. The van der Waals surface area contributed by atoms with Crippen LogP contribution in [-0.2, 0) is 18.6 Å². The number of aliphatic hydroxyl groups excluding tert-OH is 5. The molecule has 82 heavy (non-hydrogen) atoms. The number of aromatic nitrogens is 6. The van der Waals surface area contributed by atoms with Gasteiger partial charge < -0.3 is 95.3 Å². The van der Waals surface area contributed by atoms with E-state index in [9.17, 15) is 59.6 Å². The Hall–Kier alpha value is -7.24. The van der Waals surface area contributed by atoms with E-state index in [1.807, 2.05) is 0 Å². The molecule has 15 N–H and O–H groups in total. The summed E-state index contributed by atoms with van der Waals surface area (Å²) in [6.45, 7) is 14.2. The number of anilines is 3. The third-order valence-corrected chi connectivity index (χ3v) is 20.4. The second-order valence-electron chi connectivity index (χ2n) is 22.8. The zero-order valence-electron chi connectivity index (χ0n) is 45.5. The molecule has 6 aromatic heterocycles. The number of ether oxygens (including phenoxy) is 3. The van der Waals surface area contributed by atoms with Crippen LogP contribution in [0, 0.1) is 0 Å². The van der Waals surface area contributed by atoms with Crippen molar-refractivity contribution in [3.8, 4) is 0 Å². The third kappa shape index (κ3) is 9.88. The summed E-state index contributed by atoms with van der Waals surface area (Å²) in [7, 11) is -2.08. The zero-order valence-corrected chi connectivity index (χ0v) is 46.5. The predicted molar refractivity (Wildman–Crippen MR) is 299 cm³/mol. The number of aliphatic imine (C=N–C) groups is 3. The van der Waals surface area contributed by atoms with Crippen LogP contribution in [0.15, 0.2) is 84.3 Å². The summed E-state index contributed by atoms with van der Waals surface area (Å²) in [6, 6.07) is 8.59. The molecule has 3 fully saturated rings. The van der Waals surface area contributed by atoms with Crippen LogP contribution in [0.3, 0.4) is 0 Å². The van der Waals surface area contributed by atoms with Gasteiger partial charge in [0, 0.05) is 52.9 Å². The molecule has 0 saturated carbocycles. The van der Waals surface area contributed by atoms with Crippen LogP contribution < -0.4 is 44.1 Å². The van der Waals surface area contributed by atoms with E-state index in [0.29, 0.717) is 44.0 Å². The lowest BCUT2D eigenvalue weighted by molar-refractivity contribution is -0.0955. The highest BCUT2D eigenvalue weighted by Gasteiger charge is 2.56. The average Bonchev–Trinajstić information content (AvgIpc) is 4.21. The number of nitrogens with zero attached hydrogens (tertiary/aromatic N) is 9. The van der Waals surface area contributed by atoms with Crippen molar-refractivity contribution in [2.24, 2.45) is 26.4 Å². The van der Waals surface area contributed by atoms with E-state index in [4.69, 9.17) is 30.1 Å². The molecule has 12 atom stereocenters. The molecule has 31 heteroatoms. The van der Waals surface area contributed by atoms with Crippen LogP contribution in [0.5, 0.6) is 0 Å². The van der Waals surface area contributed by atoms with Crippen LogP contribution in [-0.4, -0.2) is 169 Å². The Morgan fingerprint density at radius 1 is 0.598 bits per heavy atom. The van der Waals surface area contributed by atoms with Crippen LogP contribution in [0.1, 0.15) is 60.2 Å². The summed E-state index contributed by atoms with van der Waals surface area (Å²) >= 11 is 0. The number of hydrogen-bond acceptors (Lipinski definition) is 26. The van der Waals surface area contributed by atoms with E-state index in [1.54, 1.807) is 29.1 Å². The second-order valence-corrected chi connectivity index (χ2v) is 27.6. The summed E-state index contributed by atoms with van der Waals surface area (Å²) in [6.07, 6.45) is -5.69. The minimum absolute atomic E-state index is 0.000610. The number of halogens is 1. The van der Waals surface area contributed by atoms with Gasteiger partial charge in [-0.1, -0.05) is 20.8 Å². The molecule has 12 rings (SSSR count). The third-order valence-electron chi connectivity index (χ3n) is 15.9. The monoisotopic (exact) mass is 1160 g/mol. The molecular weight excluding hydrogens is 1100 g/mol. The number of aliphatic hydroxyl groups is 8. The van der Waals surface area contributed by atoms with Gasteiger partial charge in [-0.15, -0.1) is 0 Å². The fourth-order valence-corrected chi connectivity index (χ4v) is 11.4. The standard InChI is InChI=1S/C21H31N5O5Si.C15H15FN4O5.C15H17N5O5/c1-20(2,3)32(5,6)30-10-12-15(28)21(4,29)18(31-12)26-9-11-7-8-13(27)23-16-14(11)17(26)25-19(22)24-16;2*1-15(24)10(23)7(5-21)25-13(15)20-4-6-2-3-8(22)17-11-9(6)12(20)19-14(16)18-11/h7-9,12,15,18,28-29H,10H2,1-6H3,(H3,22,23,24,25,27);2-4,7,10,13,21,23-24H,5H2,1H3,(H,17,18,19,22);2-4,7,10,13,21,23-24H,5H2,1H3,(H3,16,17,18,19,22)/t12-,15-,18?,21-;2*7-,10-,13?,15-/m111/s1. The number of nitrogens with two attached hydrogens (primary N) is 2. The highest BCUT2D eigenvalue weighted by Crippen LogP contribution is 2.49. The molecule has 0 amide bonds. The molecular formula is C51H63FN14O15Si. The van der Waals surface area contributed by atoms with Gasteiger partial charge in [0.1, 0.15) is 82.5 Å². The fraction of sp³-hybridized carbons (Fsp3) is 0.471. The van der Waals surface area contributed by atoms with Gasteiger partial charge in [-0.25, -0.2) is 0 Å². The number of rotatable bonds is 8. The van der Waals surface area contributed by atoms with Crippen molar-refractivity contribution in [2.75, 3.05) is 35.8 Å². The quantitative estimate of drug-likeness (QED) is 0.0722. The molecule has 6 aliphatic rings. The Bertz CT molecular complexity index is 3690. The SMILES string of the molecule is CC(C)(C)[Si](C)(C)OC[C@H]1OC(n2cc3ccc(=O)nc4c3c2N=C(N)N4)[C@](C)(O)[C@@H]1O.C[C@]1(O)C(n2cc3ccc(=O)nc4c3c2N=C(F)N4)O[C@H](CO)[C@H]1O.C[C@]1(O)C(n2cc3ccc(=O)nc4c3c2N=C(N)N4)O[C@H](CO)[C@H]1O. The van der Waals surface area contributed by atoms with Gasteiger partial charge in [-0.05, 0) is 57.1 Å². The Morgan fingerprint density at radius 3 is 1.27 bits per heavy atom. The van der Waals surface area contributed by atoms with E-state index in [0.717, 1.165) is 0 Å². The number of hydrogen-bond donors (Lipinski definition) is 13. The van der Waals surface area contributed by atoms with Crippen molar-refractivity contribution >= 4 is 93.6 Å². The first kappa shape index (κ1) is 58.0. The van der Waals surface area contributed by atoms with Gasteiger partial charge in [-0.2, -0.15) is 34.3 Å². The maximum absolute atomic E-state index is 13.9. The van der Waals surface area contributed by atoms with Crippen molar-refractivity contribution in [1.29, 1.82) is 0 Å². The fourth-order valence-electron chi connectivity index (χ4n) is 10.4. The first-order chi connectivity index (χ1) is 38.4. The topological polar surface area (TPSA) is 429 Å². The molecule has 6 aliphatic heterocycles. The molecule has 0 radical (unpaired) electrons. The average molecular weight is 1160 g/mol. The molecule has 3 unspecified atom stereocenters. The van der Waals surface area contributed by atoms with Crippen LogP contribution in [0.25, 0.3) is 32.3 Å². The molecule has 12 heterocycles.